The number of H-pyrrole nitrogens is 1. The van der Waals surface area contributed by atoms with Gasteiger partial charge in [-0.15, -0.1) is 0 Å². The first-order valence-corrected chi connectivity index (χ1v) is 13.1. The Hall–Kier alpha value is -3.08. The fourth-order valence-corrected chi connectivity index (χ4v) is 4.69. The number of aliphatic hydroxyl groups excluding tert-OH is 1. The summed E-state index contributed by atoms with van der Waals surface area (Å²) >= 11 is 6.03. The van der Waals surface area contributed by atoms with Gasteiger partial charge in [0.15, 0.2) is 0 Å². The lowest BCUT2D eigenvalue weighted by atomic mass is 9.98. The number of aliphatic carboxylic acids is 1. The highest BCUT2D eigenvalue weighted by atomic mass is 35.5. The highest BCUT2D eigenvalue weighted by Crippen LogP contribution is 2.26. The van der Waals surface area contributed by atoms with E-state index in [9.17, 15) is 23.1 Å². The molecule has 1 amide bonds. The molecular formula is C28H33ClF3N3O4. The van der Waals surface area contributed by atoms with E-state index in [0.717, 1.165) is 54.4 Å². The van der Waals surface area contributed by atoms with Crippen LogP contribution in [0.15, 0.2) is 48.7 Å². The Kier molecular flexibility index (Phi) is 10.4. The van der Waals surface area contributed by atoms with Gasteiger partial charge in [-0.05, 0) is 61.4 Å². The van der Waals surface area contributed by atoms with Crippen LogP contribution >= 0.6 is 11.6 Å². The van der Waals surface area contributed by atoms with Gasteiger partial charge in [-0.2, -0.15) is 13.2 Å². The monoisotopic (exact) mass is 567 g/mol. The molecule has 0 radical (unpaired) electrons. The number of fused-ring (bicyclic) bond motifs is 1. The fourth-order valence-electron chi connectivity index (χ4n) is 4.49. The Morgan fingerprint density at radius 1 is 1.18 bits per heavy atom. The number of para-hydroxylation sites is 1. The Balaban J connectivity index is 0.000000532. The molecule has 2 atom stereocenters. The second kappa shape index (κ2) is 13.3. The number of nitrogens with one attached hydrogen (secondary N) is 2. The van der Waals surface area contributed by atoms with Crippen LogP contribution in [0.5, 0.6) is 0 Å². The molecule has 0 spiro atoms. The van der Waals surface area contributed by atoms with E-state index < -0.39 is 18.2 Å². The van der Waals surface area contributed by atoms with Crippen molar-refractivity contribution in [3.05, 3.63) is 70.4 Å². The lowest BCUT2D eigenvalue weighted by molar-refractivity contribution is -0.192. The lowest BCUT2D eigenvalue weighted by Gasteiger charge is -2.30. The average molecular weight is 568 g/mol. The van der Waals surface area contributed by atoms with Crippen molar-refractivity contribution in [2.24, 2.45) is 5.92 Å². The van der Waals surface area contributed by atoms with Gasteiger partial charge in [-0.3, -0.25) is 4.79 Å². The Bertz CT molecular complexity index is 1270. The molecule has 0 saturated carbocycles. The number of rotatable bonds is 7. The minimum absolute atomic E-state index is 0.117. The van der Waals surface area contributed by atoms with Gasteiger partial charge < -0.3 is 25.4 Å². The summed E-state index contributed by atoms with van der Waals surface area (Å²) < 4.78 is 31.7. The predicted octanol–water partition coefficient (Wildman–Crippen LogP) is 5.58. The zero-order chi connectivity index (χ0) is 28.7. The van der Waals surface area contributed by atoms with Crippen molar-refractivity contribution in [2.75, 3.05) is 19.6 Å². The molecule has 0 aliphatic carbocycles. The van der Waals surface area contributed by atoms with Crippen LogP contribution in [0.3, 0.4) is 0 Å². The number of carboxylic acid groups (broad SMARTS) is 1. The average Bonchev–Trinajstić information content (AvgIpc) is 3.30. The SMILES string of the molecule is CC1CCN(C(=O)c2cccc3c(C[C@@H](C)NC[C@H](O)c4cccc(Cl)c4)c[nH]c23)CC1.O=C(O)C(F)(F)F. The molecule has 4 rings (SSSR count). The number of alkyl halides is 3. The van der Waals surface area contributed by atoms with Gasteiger partial charge in [0.25, 0.3) is 5.91 Å². The molecule has 4 N–H and O–H groups in total. The Morgan fingerprint density at radius 3 is 2.44 bits per heavy atom. The van der Waals surface area contributed by atoms with Gasteiger partial charge in [-0.25, -0.2) is 4.79 Å². The molecule has 0 bridgehead atoms. The molecule has 1 aliphatic rings. The fraction of sp³-hybridized carbons (Fsp3) is 0.429. The van der Waals surface area contributed by atoms with E-state index in [2.05, 4.69) is 30.2 Å². The standard InChI is InChI=1S/C26H32ClN3O2.C2HF3O2/c1-17-9-11-30(12-10-17)26(32)23-8-4-7-22-20(15-29-25(22)23)13-18(2)28-16-24(31)19-5-3-6-21(27)14-19;3-2(4,5)1(6)7/h3-8,14-15,17-18,24,28-29,31H,9-13,16H2,1-2H3;(H,6,7)/t18-,24+;/m1./s1. The van der Waals surface area contributed by atoms with Crippen LogP contribution in [0, 0.1) is 5.92 Å². The molecule has 3 aromatic rings. The highest BCUT2D eigenvalue weighted by molar-refractivity contribution is 6.30. The van der Waals surface area contributed by atoms with Gasteiger partial charge in [0.1, 0.15) is 0 Å². The number of aromatic nitrogens is 1. The number of nitrogens with zero attached hydrogens (tertiary/aromatic N) is 1. The summed E-state index contributed by atoms with van der Waals surface area (Å²) in [4.78, 5) is 27.4. The normalized spacial score (nSPS) is 15.9. The van der Waals surface area contributed by atoms with Crippen molar-refractivity contribution in [1.82, 2.24) is 15.2 Å². The van der Waals surface area contributed by atoms with Gasteiger partial charge in [0, 0.05) is 42.3 Å². The number of piperidine rings is 1. The molecular weight excluding hydrogens is 535 g/mol. The van der Waals surface area contributed by atoms with E-state index in [4.69, 9.17) is 21.5 Å². The number of carboxylic acids is 1. The largest absolute Gasteiger partial charge is 0.490 e. The van der Waals surface area contributed by atoms with E-state index in [-0.39, 0.29) is 11.9 Å². The van der Waals surface area contributed by atoms with Crippen LogP contribution in [0.4, 0.5) is 13.2 Å². The maximum absolute atomic E-state index is 13.1. The number of carbonyl (C=O) groups excluding carboxylic acids is 1. The summed E-state index contributed by atoms with van der Waals surface area (Å²) in [5.41, 5.74) is 3.64. The lowest BCUT2D eigenvalue weighted by Crippen LogP contribution is -2.38. The third kappa shape index (κ3) is 8.45. The first-order chi connectivity index (χ1) is 18.4. The molecule has 1 aromatic heterocycles. The molecule has 1 aliphatic heterocycles. The minimum Gasteiger partial charge on any atom is -0.475 e. The van der Waals surface area contributed by atoms with E-state index in [1.54, 1.807) is 12.1 Å². The second-order valence-electron chi connectivity index (χ2n) is 9.90. The van der Waals surface area contributed by atoms with Crippen molar-refractivity contribution in [3.8, 4) is 0 Å². The number of aromatic amines is 1. The first kappa shape index (κ1) is 30.5. The zero-order valence-electron chi connectivity index (χ0n) is 21.8. The second-order valence-corrected chi connectivity index (χ2v) is 10.3. The van der Waals surface area contributed by atoms with Crippen LogP contribution in [-0.4, -0.2) is 63.8 Å². The number of benzene rings is 2. The number of likely N-dealkylation sites (tertiary alicyclic amines) is 1. The molecule has 2 aromatic carbocycles. The van der Waals surface area contributed by atoms with Crippen molar-refractivity contribution >= 4 is 34.4 Å². The van der Waals surface area contributed by atoms with E-state index in [1.165, 1.54) is 5.56 Å². The number of amides is 1. The van der Waals surface area contributed by atoms with Crippen LogP contribution in [-0.2, 0) is 11.2 Å². The third-order valence-corrected chi connectivity index (χ3v) is 7.00. The van der Waals surface area contributed by atoms with Gasteiger partial charge in [0.05, 0.1) is 17.2 Å². The molecule has 1 fully saturated rings. The number of carbonyl (C=O) groups is 2. The third-order valence-electron chi connectivity index (χ3n) is 6.76. The number of hydrogen-bond acceptors (Lipinski definition) is 4. The summed E-state index contributed by atoms with van der Waals surface area (Å²) in [7, 11) is 0. The number of aliphatic hydroxyl groups is 1. The molecule has 11 heteroatoms. The number of halogens is 4. The van der Waals surface area contributed by atoms with Crippen LogP contribution in [0.25, 0.3) is 10.9 Å². The summed E-state index contributed by atoms with van der Waals surface area (Å²) in [6, 6.07) is 13.4. The Labute approximate surface area is 230 Å². The summed E-state index contributed by atoms with van der Waals surface area (Å²) in [5.74, 6) is -1.95. The molecule has 39 heavy (non-hydrogen) atoms. The Morgan fingerprint density at radius 2 is 1.82 bits per heavy atom. The first-order valence-electron chi connectivity index (χ1n) is 12.7. The van der Waals surface area contributed by atoms with E-state index in [0.29, 0.717) is 17.5 Å². The van der Waals surface area contributed by atoms with Crippen molar-refractivity contribution < 1.29 is 33.0 Å². The van der Waals surface area contributed by atoms with Crippen LogP contribution in [0.2, 0.25) is 5.02 Å². The minimum atomic E-state index is -5.08. The quantitative estimate of drug-likeness (QED) is 0.298. The van der Waals surface area contributed by atoms with E-state index in [1.807, 2.05) is 35.4 Å². The van der Waals surface area contributed by atoms with Gasteiger partial charge in [-0.1, -0.05) is 42.8 Å². The van der Waals surface area contributed by atoms with Crippen molar-refractivity contribution in [3.63, 3.8) is 0 Å². The maximum atomic E-state index is 13.1. The number of hydrogen-bond donors (Lipinski definition) is 4. The predicted molar refractivity (Wildman–Crippen MR) is 144 cm³/mol. The maximum Gasteiger partial charge on any atom is 0.490 e. The smallest absolute Gasteiger partial charge is 0.475 e. The highest BCUT2D eigenvalue weighted by Gasteiger charge is 2.38. The molecule has 212 valence electrons. The van der Waals surface area contributed by atoms with Crippen LogP contribution in [0.1, 0.15) is 54.3 Å². The summed E-state index contributed by atoms with van der Waals surface area (Å²) in [5, 5.41) is 22.7. The van der Waals surface area contributed by atoms with Gasteiger partial charge in [0.2, 0.25) is 0 Å². The van der Waals surface area contributed by atoms with Crippen LogP contribution < -0.4 is 5.32 Å². The topological polar surface area (TPSA) is 106 Å². The zero-order valence-corrected chi connectivity index (χ0v) is 22.5. The van der Waals surface area contributed by atoms with Crippen molar-refractivity contribution in [1.29, 1.82) is 0 Å². The summed E-state index contributed by atoms with van der Waals surface area (Å²) in [6.45, 7) is 6.47. The molecule has 2 heterocycles. The van der Waals surface area contributed by atoms with Gasteiger partial charge >= 0.3 is 12.1 Å². The van der Waals surface area contributed by atoms with Crippen molar-refractivity contribution in [2.45, 2.75) is 51.4 Å². The molecule has 7 nitrogen and oxygen atoms in total. The van der Waals surface area contributed by atoms with E-state index >= 15 is 0 Å². The molecule has 0 unspecified atom stereocenters. The molecule has 1 saturated heterocycles. The summed E-state index contributed by atoms with van der Waals surface area (Å²) in [6.07, 6.45) is -0.758.